The number of hydrogen-bond acceptors (Lipinski definition) is 3. The molecule has 2 N–H and O–H groups in total. The van der Waals surface area contributed by atoms with Crippen molar-refractivity contribution in [3.8, 4) is 0 Å². The van der Waals surface area contributed by atoms with Crippen LogP contribution in [0.15, 0.2) is 46.9 Å². The third-order valence-electron chi connectivity index (χ3n) is 3.84. The van der Waals surface area contributed by atoms with E-state index in [0.29, 0.717) is 11.3 Å². The first-order valence-corrected chi connectivity index (χ1v) is 9.09. The number of hydrogen-bond donors (Lipinski definition) is 2. The predicted molar refractivity (Wildman–Crippen MR) is 105 cm³/mol. The van der Waals surface area contributed by atoms with Gasteiger partial charge in [-0.05, 0) is 42.5 Å². The predicted octanol–water partition coefficient (Wildman–Crippen LogP) is 4.29. The van der Waals surface area contributed by atoms with Crippen molar-refractivity contribution < 1.29 is 22.8 Å². The third-order valence-corrected chi connectivity index (χ3v) is 4.37. The average molecular weight is 458 g/mol. The van der Waals surface area contributed by atoms with Gasteiger partial charge in [0.05, 0.1) is 11.3 Å². The number of nitrogens with one attached hydrogen (secondary N) is 2. The maximum Gasteiger partial charge on any atom is 0.418 e. The Hall–Kier alpha value is -2.55. The van der Waals surface area contributed by atoms with Gasteiger partial charge in [-0.2, -0.15) is 13.2 Å². The molecule has 150 valence electrons. The highest BCUT2D eigenvalue weighted by Gasteiger charge is 2.34. The van der Waals surface area contributed by atoms with Gasteiger partial charge in [0.25, 0.3) is 5.91 Å². The number of alkyl halides is 3. The third kappa shape index (κ3) is 5.98. The van der Waals surface area contributed by atoms with Crippen molar-refractivity contribution in [2.24, 2.45) is 0 Å². The van der Waals surface area contributed by atoms with Crippen LogP contribution in [0, 0.1) is 0 Å². The fraction of sp³-hybridized carbons (Fsp3) is 0.263. The lowest BCUT2D eigenvalue weighted by atomic mass is 10.1. The lowest BCUT2D eigenvalue weighted by Crippen LogP contribution is -2.28. The van der Waals surface area contributed by atoms with Crippen LogP contribution in [0.2, 0.25) is 0 Å². The number of amides is 2. The molecular weight excluding hydrogens is 439 g/mol. The average Bonchev–Trinajstić information content (AvgIpc) is 2.61. The highest BCUT2D eigenvalue weighted by Crippen LogP contribution is 2.37. The van der Waals surface area contributed by atoms with Crippen LogP contribution < -0.4 is 15.5 Å². The van der Waals surface area contributed by atoms with Crippen LogP contribution in [0.3, 0.4) is 0 Å². The minimum Gasteiger partial charge on any atom is -0.378 e. The molecule has 2 aromatic rings. The van der Waals surface area contributed by atoms with Crippen LogP contribution in [-0.4, -0.2) is 32.5 Å². The zero-order valence-corrected chi connectivity index (χ0v) is 16.8. The largest absolute Gasteiger partial charge is 0.418 e. The van der Waals surface area contributed by atoms with Crippen molar-refractivity contribution in [3.63, 3.8) is 0 Å². The molecule has 0 saturated carbocycles. The molecule has 0 bridgehead atoms. The Morgan fingerprint density at radius 3 is 2.29 bits per heavy atom. The van der Waals surface area contributed by atoms with E-state index in [0.717, 1.165) is 10.5 Å². The van der Waals surface area contributed by atoms with Crippen molar-refractivity contribution in [2.75, 3.05) is 30.9 Å². The summed E-state index contributed by atoms with van der Waals surface area (Å²) in [4.78, 5) is 25.5. The first-order valence-electron chi connectivity index (χ1n) is 8.30. The minimum atomic E-state index is -4.61. The van der Waals surface area contributed by atoms with Gasteiger partial charge in [-0.3, -0.25) is 9.59 Å². The van der Waals surface area contributed by atoms with E-state index in [2.05, 4.69) is 26.6 Å². The van der Waals surface area contributed by atoms with Crippen LogP contribution in [0.5, 0.6) is 0 Å². The van der Waals surface area contributed by atoms with E-state index in [1.165, 1.54) is 12.1 Å². The molecule has 0 atom stereocenters. The minimum absolute atomic E-state index is 0.00212. The Bertz CT molecular complexity index is 852. The topological polar surface area (TPSA) is 61.4 Å². The molecule has 0 aromatic heterocycles. The summed E-state index contributed by atoms with van der Waals surface area (Å²) in [5.41, 5.74) is -0.456. The van der Waals surface area contributed by atoms with Gasteiger partial charge in [0.15, 0.2) is 0 Å². The zero-order valence-electron chi connectivity index (χ0n) is 15.2. The summed E-state index contributed by atoms with van der Waals surface area (Å²) in [6.07, 6.45) is -4.76. The molecular formula is C19H19BrF3N3O2. The maximum absolute atomic E-state index is 13.3. The van der Waals surface area contributed by atoms with E-state index in [9.17, 15) is 22.8 Å². The number of halogens is 4. The molecule has 9 heteroatoms. The normalized spacial score (nSPS) is 11.1. The molecule has 0 aliphatic carbocycles. The maximum atomic E-state index is 13.3. The van der Waals surface area contributed by atoms with E-state index in [4.69, 9.17) is 0 Å². The van der Waals surface area contributed by atoms with Crippen LogP contribution in [0.1, 0.15) is 22.3 Å². The van der Waals surface area contributed by atoms with E-state index < -0.39 is 17.6 Å². The van der Waals surface area contributed by atoms with Crippen molar-refractivity contribution in [3.05, 3.63) is 58.1 Å². The van der Waals surface area contributed by atoms with Gasteiger partial charge in [-0.1, -0.05) is 15.9 Å². The van der Waals surface area contributed by atoms with E-state index in [-0.39, 0.29) is 24.6 Å². The fourth-order valence-corrected chi connectivity index (χ4v) is 2.62. The number of benzene rings is 2. The second kappa shape index (κ2) is 9.09. The van der Waals surface area contributed by atoms with Gasteiger partial charge >= 0.3 is 6.18 Å². The highest BCUT2D eigenvalue weighted by molar-refractivity contribution is 9.10. The van der Waals surface area contributed by atoms with Crippen LogP contribution in [0.25, 0.3) is 0 Å². The number of anilines is 2. The summed E-state index contributed by atoms with van der Waals surface area (Å²) in [7, 11) is 3.25. The van der Waals surface area contributed by atoms with Crippen LogP contribution in [0.4, 0.5) is 24.5 Å². The monoisotopic (exact) mass is 457 g/mol. The summed E-state index contributed by atoms with van der Waals surface area (Å²) in [6, 6.07) is 10.3. The van der Waals surface area contributed by atoms with Crippen molar-refractivity contribution in [2.45, 2.75) is 12.6 Å². The lowest BCUT2D eigenvalue weighted by molar-refractivity contribution is -0.136. The summed E-state index contributed by atoms with van der Waals surface area (Å²) < 4.78 is 40.7. The molecule has 5 nitrogen and oxygen atoms in total. The smallest absolute Gasteiger partial charge is 0.378 e. The molecule has 0 unspecified atom stereocenters. The lowest BCUT2D eigenvalue weighted by Gasteiger charge is -2.18. The Kier molecular flexibility index (Phi) is 7.06. The van der Waals surface area contributed by atoms with E-state index in [1.807, 2.05) is 0 Å². The highest BCUT2D eigenvalue weighted by atomic mass is 79.9. The first kappa shape index (κ1) is 21.7. The fourth-order valence-electron chi connectivity index (χ4n) is 2.36. The molecule has 2 rings (SSSR count). The summed E-state index contributed by atoms with van der Waals surface area (Å²) in [5, 5.41) is 4.83. The molecule has 0 fully saturated rings. The second-order valence-electron chi connectivity index (χ2n) is 6.18. The summed E-state index contributed by atoms with van der Waals surface area (Å²) in [5.74, 6) is -0.995. The van der Waals surface area contributed by atoms with Crippen molar-refractivity contribution in [1.82, 2.24) is 5.32 Å². The number of nitrogens with zero attached hydrogens (tertiary/aromatic N) is 1. The number of carbonyl (C=O) groups is 2. The zero-order chi connectivity index (χ0) is 20.9. The molecule has 0 heterocycles. The number of carbonyl (C=O) groups excluding carboxylic acids is 2. The molecule has 0 saturated heterocycles. The molecule has 2 amide bonds. The van der Waals surface area contributed by atoms with Gasteiger partial charge in [-0.15, -0.1) is 0 Å². The van der Waals surface area contributed by atoms with E-state index in [1.54, 1.807) is 43.3 Å². The first-order chi connectivity index (χ1) is 13.1. The van der Waals surface area contributed by atoms with Gasteiger partial charge in [0.1, 0.15) is 0 Å². The van der Waals surface area contributed by atoms with Gasteiger partial charge in [0.2, 0.25) is 5.91 Å². The molecule has 0 spiro atoms. The Labute approximate surface area is 169 Å². The molecule has 0 radical (unpaired) electrons. The molecule has 2 aromatic carbocycles. The molecule has 28 heavy (non-hydrogen) atoms. The van der Waals surface area contributed by atoms with Gasteiger partial charge in [0, 0.05) is 42.8 Å². The SMILES string of the molecule is CN(C)c1ccc(NC(=O)CCNC(=O)c2ccc(Br)cc2)c(C(F)(F)F)c1. The standard InChI is InChI=1S/C19H19BrF3N3O2/c1-26(2)14-7-8-16(15(11-14)19(21,22)23)25-17(27)9-10-24-18(28)12-3-5-13(20)6-4-12/h3-8,11H,9-10H2,1-2H3,(H,24,28)(H,25,27). The Balaban J connectivity index is 1.97. The molecule has 0 aliphatic heterocycles. The summed E-state index contributed by atoms with van der Waals surface area (Å²) >= 11 is 3.26. The second-order valence-corrected chi connectivity index (χ2v) is 7.10. The van der Waals surface area contributed by atoms with E-state index >= 15 is 0 Å². The van der Waals surface area contributed by atoms with Gasteiger partial charge in [-0.25, -0.2) is 0 Å². The van der Waals surface area contributed by atoms with Crippen molar-refractivity contribution >= 4 is 39.1 Å². The van der Waals surface area contributed by atoms with Crippen molar-refractivity contribution in [1.29, 1.82) is 0 Å². The number of rotatable bonds is 6. The summed E-state index contributed by atoms with van der Waals surface area (Å²) in [6.45, 7) is -0.00212. The Morgan fingerprint density at radius 2 is 1.71 bits per heavy atom. The van der Waals surface area contributed by atoms with Crippen LogP contribution in [-0.2, 0) is 11.0 Å². The Morgan fingerprint density at radius 1 is 1.07 bits per heavy atom. The quantitative estimate of drug-likeness (QED) is 0.679. The van der Waals surface area contributed by atoms with Gasteiger partial charge < -0.3 is 15.5 Å². The van der Waals surface area contributed by atoms with Crippen LogP contribution >= 0.6 is 15.9 Å². The molecule has 0 aliphatic rings.